The molecule has 1 aromatic carbocycles. The molecule has 1 aromatic heterocycles. The van der Waals surface area contributed by atoms with E-state index in [1.54, 1.807) is 0 Å². The average Bonchev–Trinajstić information content (AvgIpc) is 2.41. The maximum absolute atomic E-state index is 4.08. The van der Waals surface area contributed by atoms with Crippen molar-refractivity contribution in [3.8, 4) is 11.1 Å². The van der Waals surface area contributed by atoms with Crippen LogP contribution in [0.2, 0.25) is 0 Å². The summed E-state index contributed by atoms with van der Waals surface area (Å²) in [6.45, 7) is 6.30. The largest absolute Gasteiger partial charge is 0.313 e. The van der Waals surface area contributed by atoms with Crippen LogP contribution >= 0.6 is 0 Å². The molecule has 0 fully saturated rings. The molecule has 94 valence electrons. The van der Waals surface area contributed by atoms with Gasteiger partial charge in [-0.1, -0.05) is 30.7 Å². The Morgan fingerprint density at radius 3 is 2.61 bits per heavy atom. The maximum Gasteiger partial charge on any atom is 0.0273 e. The van der Waals surface area contributed by atoms with E-state index in [1.807, 2.05) is 12.4 Å². The molecule has 0 bridgehead atoms. The number of rotatable bonds is 5. The summed E-state index contributed by atoms with van der Waals surface area (Å²) in [6, 6.07) is 10.8. The molecule has 2 aromatic rings. The lowest BCUT2D eigenvalue weighted by molar-refractivity contribution is 0.676. The zero-order valence-corrected chi connectivity index (χ0v) is 11.1. The lowest BCUT2D eigenvalue weighted by Crippen LogP contribution is -2.14. The predicted octanol–water partition coefficient (Wildman–Crippen LogP) is 3.56. The van der Waals surface area contributed by atoms with Gasteiger partial charge < -0.3 is 5.32 Å². The van der Waals surface area contributed by atoms with E-state index in [9.17, 15) is 0 Å². The van der Waals surface area contributed by atoms with Crippen molar-refractivity contribution in [3.63, 3.8) is 0 Å². The summed E-state index contributed by atoms with van der Waals surface area (Å²) in [5.41, 5.74) is 5.18. The molecule has 0 spiro atoms. The van der Waals surface area contributed by atoms with Crippen molar-refractivity contribution in [2.24, 2.45) is 0 Å². The van der Waals surface area contributed by atoms with Gasteiger partial charge >= 0.3 is 0 Å². The second kappa shape index (κ2) is 6.31. The summed E-state index contributed by atoms with van der Waals surface area (Å²) in [5.74, 6) is 0. The molecule has 0 aliphatic heterocycles. The summed E-state index contributed by atoms with van der Waals surface area (Å²) in [4.78, 5) is 4.08. The zero-order chi connectivity index (χ0) is 12.8. The number of nitrogens with zero attached hydrogens (tertiary/aromatic N) is 1. The first-order chi connectivity index (χ1) is 8.81. The third-order valence-electron chi connectivity index (χ3n) is 3.00. The highest BCUT2D eigenvalue weighted by Gasteiger charge is 2.04. The third-order valence-corrected chi connectivity index (χ3v) is 3.00. The summed E-state index contributed by atoms with van der Waals surface area (Å²) in [5, 5.41) is 3.47. The summed E-state index contributed by atoms with van der Waals surface area (Å²) >= 11 is 0. The molecular weight excluding hydrogens is 220 g/mol. The van der Waals surface area contributed by atoms with Crippen LogP contribution in [0.25, 0.3) is 11.1 Å². The van der Waals surface area contributed by atoms with E-state index in [2.05, 4.69) is 54.5 Å². The van der Waals surface area contributed by atoms with Crippen molar-refractivity contribution < 1.29 is 0 Å². The standard InChI is InChI=1S/C16H20N2/c1-3-8-18-12-15-5-4-13(2)11-16(15)14-6-9-17-10-7-14/h4-7,9-11,18H,3,8,12H2,1-2H3. The molecule has 0 aliphatic rings. The van der Waals surface area contributed by atoms with Crippen molar-refractivity contribution in [1.82, 2.24) is 10.3 Å². The Kier molecular flexibility index (Phi) is 4.48. The number of aryl methyl sites for hydroxylation is 1. The van der Waals surface area contributed by atoms with Crippen molar-refractivity contribution in [1.29, 1.82) is 0 Å². The fraction of sp³-hybridized carbons (Fsp3) is 0.312. The molecule has 2 heteroatoms. The lowest BCUT2D eigenvalue weighted by Gasteiger charge is -2.11. The van der Waals surface area contributed by atoms with Gasteiger partial charge in [-0.05, 0) is 48.7 Å². The van der Waals surface area contributed by atoms with Gasteiger partial charge in [0.15, 0.2) is 0 Å². The van der Waals surface area contributed by atoms with Crippen LogP contribution in [0.1, 0.15) is 24.5 Å². The zero-order valence-electron chi connectivity index (χ0n) is 11.1. The molecule has 0 unspecified atom stereocenters. The van der Waals surface area contributed by atoms with E-state index in [0.29, 0.717) is 0 Å². The molecule has 2 rings (SSSR count). The first kappa shape index (κ1) is 12.8. The van der Waals surface area contributed by atoms with E-state index in [-0.39, 0.29) is 0 Å². The fourth-order valence-electron chi connectivity index (χ4n) is 2.04. The average molecular weight is 240 g/mol. The van der Waals surface area contributed by atoms with Gasteiger partial charge in [0.25, 0.3) is 0 Å². The Morgan fingerprint density at radius 2 is 1.89 bits per heavy atom. The van der Waals surface area contributed by atoms with Gasteiger partial charge in [-0.25, -0.2) is 0 Å². The van der Waals surface area contributed by atoms with Crippen molar-refractivity contribution in [2.75, 3.05) is 6.54 Å². The highest BCUT2D eigenvalue weighted by atomic mass is 14.8. The number of hydrogen-bond acceptors (Lipinski definition) is 2. The lowest BCUT2D eigenvalue weighted by atomic mass is 9.98. The number of aromatic nitrogens is 1. The number of pyridine rings is 1. The van der Waals surface area contributed by atoms with Crippen LogP contribution in [-0.2, 0) is 6.54 Å². The van der Waals surface area contributed by atoms with Crippen molar-refractivity contribution in [2.45, 2.75) is 26.8 Å². The minimum atomic E-state index is 0.922. The van der Waals surface area contributed by atoms with E-state index >= 15 is 0 Å². The van der Waals surface area contributed by atoms with Gasteiger partial charge in [-0.3, -0.25) is 4.98 Å². The molecule has 0 atom stereocenters. The highest BCUT2D eigenvalue weighted by Crippen LogP contribution is 2.24. The molecule has 0 aliphatic carbocycles. The molecule has 0 saturated carbocycles. The second-order valence-corrected chi connectivity index (χ2v) is 4.57. The van der Waals surface area contributed by atoms with E-state index in [0.717, 1.165) is 19.5 Å². The van der Waals surface area contributed by atoms with E-state index in [4.69, 9.17) is 0 Å². The molecule has 2 nitrogen and oxygen atoms in total. The van der Waals surface area contributed by atoms with Crippen LogP contribution in [0.3, 0.4) is 0 Å². The van der Waals surface area contributed by atoms with Crippen LogP contribution < -0.4 is 5.32 Å². The third kappa shape index (κ3) is 3.17. The minimum absolute atomic E-state index is 0.922. The predicted molar refractivity (Wildman–Crippen MR) is 76.4 cm³/mol. The smallest absolute Gasteiger partial charge is 0.0273 e. The highest BCUT2D eigenvalue weighted by molar-refractivity contribution is 5.67. The molecular formula is C16H20N2. The van der Waals surface area contributed by atoms with Crippen molar-refractivity contribution >= 4 is 0 Å². The first-order valence-corrected chi connectivity index (χ1v) is 6.52. The van der Waals surface area contributed by atoms with Crippen LogP contribution in [0.5, 0.6) is 0 Å². The second-order valence-electron chi connectivity index (χ2n) is 4.57. The minimum Gasteiger partial charge on any atom is -0.313 e. The van der Waals surface area contributed by atoms with E-state index in [1.165, 1.54) is 22.3 Å². The summed E-state index contributed by atoms with van der Waals surface area (Å²) in [7, 11) is 0. The monoisotopic (exact) mass is 240 g/mol. The Bertz CT molecular complexity index is 492. The van der Waals surface area contributed by atoms with Gasteiger partial charge in [-0.15, -0.1) is 0 Å². The normalized spacial score (nSPS) is 10.6. The van der Waals surface area contributed by atoms with Gasteiger partial charge in [0.05, 0.1) is 0 Å². The maximum atomic E-state index is 4.08. The summed E-state index contributed by atoms with van der Waals surface area (Å²) < 4.78 is 0. The fourth-order valence-corrected chi connectivity index (χ4v) is 2.04. The quantitative estimate of drug-likeness (QED) is 0.808. The van der Waals surface area contributed by atoms with Crippen LogP contribution in [0, 0.1) is 6.92 Å². The Labute approximate surface area is 109 Å². The van der Waals surface area contributed by atoms with Gasteiger partial charge in [0.1, 0.15) is 0 Å². The number of benzene rings is 1. The van der Waals surface area contributed by atoms with Crippen LogP contribution in [0.15, 0.2) is 42.7 Å². The Morgan fingerprint density at radius 1 is 1.11 bits per heavy atom. The Hall–Kier alpha value is -1.67. The van der Waals surface area contributed by atoms with Gasteiger partial charge in [0.2, 0.25) is 0 Å². The molecule has 0 radical (unpaired) electrons. The van der Waals surface area contributed by atoms with Crippen molar-refractivity contribution in [3.05, 3.63) is 53.9 Å². The SMILES string of the molecule is CCCNCc1ccc(C)cc1-c1ccncc1. The molecule has 0 saturated heterocycles. The molecule has 1 heterocycles. The van der Waals surface area contributed by atoms with Crippen LogP contribution in [-0.4, -0.2) is 11.5 Å². The van der Waals surface area contributed by atoms with Gasteiger partial charge in [-0.2, -0.15) is 0 Å². The van der Waals surface area contributed by atoms with Gasteiger partial charge in [0, 0.05) is 18.9 Å². The number of nitrogens with one attached hydrogen (secondary N) is 1. The summed E-state index contributed by atoms with van der Waals surface area (Å²) in [6.07, 6.45) is 4.86. The topological polar surface area (TPSA) is 24.9 Å². The van der Waals surface area contributed by atoms with Crippen LogP contribution in [0.4, 0.5) is 0 Å². The Balaban J connectivity index is 2.29. The first-order valence-electron chi connectivity index (χ1n) is 6.52. The molecule has 1 N–H and O–H groups in total. The number of hydrogen-bond donors (Lipinski definition) is 1. The van der Waals surface area contributed by atoms with E-state index < -0.39 is 0 Å². The molecule has 0 amide bonds. The molecule has 18 heavy (non-hydrogen) atoms.